The summed E-state index contributed by atoms with van der Waals surface area (Å²) in [5.74, 6) is 0.367. The average Bonchev–Trinajstić information content (AvgIpc) is 3.40. The van der Waals surface area contributed by atoms with Crippen molar-refractivity contribution >= 4 is 17.5 Å². The zero-order valence-electron chi connectivity index (χ0n) is 21.9. The second-order valence-corrected chi connectivity index (χ2v) is 10.9. The number of carbonyl (C=O) groups is 2. The summed E-state index contributed by atoms with van der Waals surface area (Å²) >= 11 is 0. The second kappa shape index (κ2) is 10.6. The molecule has 1 aromatic heterocycles. The molecular weight excluding hydrogens is 476 g/mol. The van der Waals surface area contributed by atoms with Gasteiger partial charge in [0.05, 0.1) is 6.54 Å². The van der Waals surface area contributed by atoms with E-state index >= 15 is 0 Å². The number of rotatable bonds is 6. The number of aryl methyl sites for hydroxylation is 1. The van der Waals surface area contributed by atoms with E-state index in [4.69, 9.17) is 0 Å². The summed E-state index contributed by atoms with van der Waals surface area (Å²) in [6, 6.07) is 23.5. The standard InChI is InChI=1S/C30H32N6O2/c1-30(2,3)18-27(37)31-25-17-16-22-8-4-7-11-26(22)36(29(25)38)19-20-12-14-21(15-13-20)23-9-5-6-10-24(23)28-32-34-35-33-28/h4-15,25H,16-19H2,1-3H3,(H,31,37)(H,32,33,34,35)/t25-/m1/s1. The highest BCUT2D eigenvalue weighted by molar-refractivity contribution is 6.00. The number of tetrazole rings is 1. The van der Waals surface area contributed by atoms with Crippen molar-refractivity contribution < 1.29 is 9.59 Å². The number of H-pyrrole nitrogens is 1. The summed E-state index contributed by atoms with van der Waals surface area (Å²) in [7, 11) is 0. The minimum atomic E-state index is -0.557. The SMILES string of the molecule is CC(C)(C)CC(=O)N[C@@H]1CCc2ccccc2N(Cc2ccc(-c3ccccc3-c3nn[nH]n3)cc2)C1=O. The number of aromatic amines is 1. The van der Waals surface area contributed by atoms with Crippen LogP contribution in [0.4, 0.5) is 5.69 Å². The Bertz CT molecular complexity index is 1420. The first-order valence-electron chi connectivity index (χ1n) is 12.9. The number of anilines is 1. The summed E-state index contributed by atoms with van der Waals surface area (Å²) in [4.78, 5) is 28.3. The van der Waals surface area contributed by atoms with Crippen molar-refractivity contribution in [3.05, 3.63) is 83.9 Å². The Morgan fingerprint density at radius 3 is 2.42 bits per heavy atom. The molecule has 8 heteroatoms. The number of hydrogen-bond donors (Lipinski definition) is 2. The maximum atomic E-state index is 13.8. The maximum absolute atomic E-state index is 13.8. The summed E-state index contributed by atoms with van der Waals surface area (Å²) in [6.45, 7) is 6.48. The number of aromatic nitrogens is 4. The van der Waals surface area contributed by atoms with Gasteiger partial charge in [-0.05, 0) is 51.8 Å². The molecular formula is C30H32N6O2. The van der Waals surface area contributed by atoms with Gasteiger partial charge in [0, 0.05) is 17.7 Å². The molecule has 0 saturated heterocycles. The Kier molecular flexibility index (Phi) is 7.05. The maximum Gasteiger partial charge on any atom is 0.249 e. The number of benzene rings is 3. The van der Waals surface area contributed by atoms with Crippen LogP contribution < -0.4 is 10.2 Å². The average molecular weight is 509 g/mol. The molecule has 38 heavy (non-hydrogen) atoms. The monoisotopic (exact) mass is 508 g/mol. The molecule has 0 aliphatic carbocycles. The second-order valence-electron chi connectivity index (χ2n) is 10.9. The van der Waals surface area contributed by atoms with Crippen molar-refractivity contribution in [2.45, 2.75) is 52.6 Å². The lowest BCUT2D eigenvalue weighted by Crippen LogP contribution is -2.48. The summed E-state index contributed by atoms with van der Waals surface area (Å²) in [5.41, 5.74) is 5.76. The molecule has 0 radical (unpaired) electrons. The number of carbonyl (C=O) groups excluding carboxylic acids is 2. The highest BCUT2D eigenvalue weighted by atomic mass is 16.2. The van der Waals surface area contributed by atoms with Gasteiger partial charge >= 0.3 is 0 Å². The van der Waals surface area contributed by atoms with E-state index in [1.807, 2.05) is 92.4 Å². The molecule has 0 spiro atoms. The van der Waals surface area contributed by atoms with E-state index in [2.05, 4.69) is 32.0 Å². The molecule has 0 unspecified atom stereocenters. The number of fused-ring (bicyclic) bond motifs is 1. The van der Waals surface area contributed by atoms with Crippen molar-refractivity contribution in [3.8, 4) is 22.5 Å². The highest BCUT2D eigenvalue weighted by Gasteiger charge is 2.32. The number of hydrogen-bond acceptors (Lipinski definition) is 5. The van der Waals surface area contributed by atoms with E-state index in [1.54, 1.807) is 0 Å². The zero-order valence-corrected chi connectivity index (χ0v) is 21.9. The first-order chi connectivity index (χ1) is 18.3. The van der Waals surface area contributed by atoms with E-state index in [9.17, 15) is 9.59 Å². The fourth-order valence-corrected chi connectivity index (χ4v) is 4.92. The molecule has 0 saturated carbocycles. The van der Waals surface area contributed by atoms with Gasteiger partial charge in [0.2, 0.25) is 17.6 Å². The largest absolute Gasteiger partial charge is 0.344 e. The van der Waals surface area contributed by atoms with Crippen LogP contribution in [0.2, 0.25) is 0 Å². The van der Waals surface area contributed by atoms with Gasteiger partial charge in [-0.1, -0.05) is 87.5 Å². The molecule has 2 N–H and O–H groups in total. The molecule has 194 valence electrons. The molecule has 1 atom stereocenters. The summed E-state index contributed by atoms with van der Waals surface area (Å²) in [5, 5.41) is 17.5. The van der Waals surface area contributed by atoms with Crippen LogP contribution in [-0.4, -0.2) is 38.5 Å². The van der Waals surface area contributed by atoms with Crippen LogP contribution in [0.5, 0.6) is 0 Å². The number of amides is 2. The van der Waals surface area contributed by atoms with Gasteiger partial charge in [-0.15, -0.1) is 10.2 Å². The third kappa shape index (κ3) is 5.64. The van der Waals surface area contributed by atoms with Gasteiger partial charge < -0.3 is 10.2 Å². The molecule has 1 aliphatic heterocycles. The molecule has 3 aromatic carbocycles. The first kappa shape index (κ1) is 25.3. The lowest BCUT2D eigenvalue weighted by Gasteiger charge is -2.27. The smallest absolute Gasteiger partial charge is 0.249 e. The molecule has 5 rings (SSSR count). The number of nitrogens with one attached hydrogen (secondary N) is 2. The van der Waals surface area contributed by atoms with Crippen molar-refractivity contribution in [2.75, 3.05) is 4.90 Å². The third-order valence-electron chi connectivity index (χ3n) is 6.69. The van der Waals surface area contributed by atoms with Crippen molar-refractivity contribution in [1.82, 2.24) is 25.9 Å². The van der Waals surface area contributed by atoms with E-state index < -0.39 is 6.04 Å². The Morgan fingerprint density at radius 1 is 1.00 bits per heavy atom. The number of nitrogens with zero attached hydrogens (tertiary/aromatic N) is 4. The van der Waals surface area contributed by atoms with Gasteiger partial charge in [-0.3, -0.25) is 9.59 Å². The first-order valence-corrected chi connectivity index (χ1v) is 12.9. The van der Waals surface area contributed by atoms with E-state index in [0.717, 1.165) is 39.9 Å². The summed E-state index contributed by atoms with van der Waals surface area (Å²) in [6.07, 6.45) is 1.68. The minimum absolute atomic E-state index is 0.0799. The van der Waals surface area contributed by atoms with Gasteiger partial charge in [-0.25, -0.2) is 0 Å². The molecule has 4 aromatic rings. The van der Waals surface area contributed by atoms with E-state index in [-0.39, 0.29) is 17.2 Å². The van der Waals surface area contributed by atoms with Crippen molar-refractivity contribution in [3.63, 3.8) is 0 Å². The Hall–Kier alpha value is -4.33. The van der Waals surface area contributed by atoms with Gasteiger partial charge in [0.15, 0.2) is 0 Å². The quantitative estimate of drug-likeness (QED) is 0.384. The van der Waals surface area contributed by atoms with Gasteiger partial charge in [0.1, 0.15) is 6.04 Å². The Labute approximate surface area is 222 Å². The molecule has 0 bridgehead atoms. The van der Waals surface area contributed by atoms with Crippen molar-refractivity contribution in [1.29, 1.82) is 0 Å². The predicted molar refractivity (Wildman–Crippen MR) is 147 cm³/mol. The Morgan fingerprint density at radius 2 is 1.71 bits per heavy atom. The molecule has 2 heterocycles. The van der Waals surface area contributed by atoms with E-state index in [0.29, 0.717) is 25.2 Å². The normalized spacial score (nSPS) is 15.6. The van der Waals surface area contributed by atoms with E-state index in [1.165, 1.54) is 0 Å². The molecule has 0 fully saturated rings. The van der Waals surface area contributed by atoms with Crippen LogP contribution in [-0.2, 0) is 22.6 Å². The topological polar surface area (TPSA) is 104 Å². The fourth-order valence-electron chi connectivity index (χ4n) is 4.92. The van der Waals surface area contributed by atoms with Crippen molar-refractivity contribution in [2.24, 2.45) is 5.41 Å². The third-order valence-corrected chi connectivity index (χ3v) is 6.69. The molecule has 1 aliphatic rings. The van der Waals surface area contributed by atoms with Gasteiger partial charge in [-0.2, -0.15) is 5.21 Å². The predicted octanol–water partition coefficient (Wildman–Crippen LogP) is 4.93. The zero-order chi connectivity index (χ0) is 26.7. The van der Waals surface area contributed by atoms with Gasteiger partial charge in [0.25, 0.3) is 0 Å². The minimum Gasteiger partial charge on any atom is -0.344 e. The number of para-hydroxylation sites is 1. The lowest BCUT2D eigenvalue weighted by molar-refractivity contribution is -0.128. The lowest BCUT2D eigenvalue weighted by atomic mass is 9.91. The van der Waals surface area contributed by atoms with Crippen LogP contribution in [0.3, 0.4) is 0 Å². The molecule has 8 nitrogen and oxygen atoms in total. The molecule has 2 amide bonds. The van der Waals surface area contributed by atoms with Crippen LogP contribution in [0.1, 0.15) is 44.7 Å². The van der Waals surface area contributed by atoms with Crippen LogP contribution in [0.15, 0.2) is 72.8 Å². The van der Waals surface area contributed by atoms with Crippen LogP contribution >= 0.6 is 0 Å². The summed E-state index contributed by atoms with van der Waals surface area (Å²) < 4.78 is 0. The highest BCUT2D eigenvalue weighted by Crippen LogP contribution is 2.32. The Balaban J connectivity index is 1.40. The van der Waals surface area contributed by atoms with Crippen LogP contribution in [0.25, 0.3) is 22.5 Å². The fraction of sp³-hybridized carbons (Fsp3) is 0.300. The van der Waals surface area contributed by atoms with Crippen LogP contribution in [0, 0.1) is 5.41 Å².